The van der Waals surface area contributed by atoms with Gasteiger partial charge in [-0.05, 0) is 30.4 Å². The normalized spacial score (nSPS) is 9.75. The van der Waals surface area contributed by atoms with E-state index < -0.39 is 0 Å². The molecule has 0 fully saturated rings. The monoisotopic (exact) mass is 125 g/mol. The molecule has 0 saturated heterocycles. The van der Waals surface area contributed by atoms with Gasteiger partial charge in [0.05, 0.1) is 0 Å². The molecule has 0 bridgehead atoms. The summed E-state index contributed by atoms with van der Waals surface area (Å²) in [6, 6.07) is 0. The third-order valence-corrected chi connectivity index (χ3v) is 2.26. The summed E-state index contributed by atoms with van der Waals surface area (Å²) in [5, 5.41) is 2.40. The minimum atomic E-state index is 0.447. The van der Waals surface area contributed by atoms with Crippen molar-refractivity contribution in [3.05, 3.63) is 16.5 Å². The number of nitrogens with zero attached hydrogens (tertiary/aromatic N) is 1. The van der Waals surface area contributed by atoms with Crippen LogP contribution in [-0.2, 0) is 0 Å². The van der Waals surface area contributed by atoms with Crippen molar-refractivity contribution in [3.8, 4) is 0 Å². The molecular formula is C6H7NS. The van der Waals surface area contributed by atoms with Crippen molar-refractivity contribution < 1.29 is 0 Å². The summed E-state index contributed by atoms with van der Waals surface area (Å²) in [6.45, 7) is 3.91. The Labute approximate surface area is 53.1 Å². The van der Waals surface area contributed by atoms with Gasteiger partial charge in [0, 0.05) is 0 Å². The molecule has 1 heterocycles. The van der Waals surface area contributed by atoms with Crippen LogP contribution in [0, 0.1) is 13.8 Å². The first-order valence-electron chi connectivity index (χ1n) is 2.45. The van der Waals surface area contributed by atoms with Crippen molar-refractivity contribution in [2.45, 2.75) is 13.8 Å². The molecule has 2 heteroatoms. The van der Waals surface area contributed by atoms with Crippen LogP contribution in [0.4, 0.5) is 5.00 Å². The SMILES string of the molecule is Cc1csc([N])c1C. The summed E-state index contributed by atoms with van der Waals surface area (Å²) < 4.78 is 0. The maximum atomic E-state index is 8.96. The second kappa shape index (κ2) is 1.78. The van der Waals surface area contributed by atoms with Crippen molar-refractivity contribution in [3.63, 3.8) is 0 Å². The van der Waals surface area contributed by atoms with E-state index in [2.05, 4.69) is 0 Å². The van der Waals surface area contributed by atoms with Gasteiger partial charge in [-0.2, -0.15) is 0 Å². The summed E-state index contributed by atoms with van der Waals surface area (Å²) in [4.78, 5) is 0. The first kappa shape index (κ1) is 5.63. The van der Waals surface area contributed by atoms with Gasteiger partial charge in [0.2, 0.25) is 0 Å². The van der Waals surface area contributed by atoms with Crippen LogP contribution < -0.4 is 5.73 Å². The van der Waals surface area contributed by atoms with E-state index in [1.807, 2.05) is 19.2 Å². The van der Waals surface area contributed by atoms with Gasteiger partial charge in [-0.15, -0.1) is 17.1 Å². The Hall–Kier alpha value is -0.500. The second-order valence-corrected chi connectivity index (χ2v) is 2.71. The third-order valence-electron chi connectivity index (χ3n) is 1.26. The Balaban J connectivity index is 3.19. The molecule has 0 aliphatic rings. The summed E-state index contributed by atoms with van der Waals surface area (Å²) in [5.41, 5.74) is 11.1. The van der Waals surface area contributed by atoms with Gasteiger partial charge in [0.15, 0.2) is 0 Å². The molecule has 0 atom stereocenters. The van der Waals surface area contributed by atoms with Crippen LogP contribution in [-0.4, -0.2) is 0 Å². The Morgan fingerprint density at radius 1 is 1.50 bits per heavy atom. The Morgan fingerprint density at radius 2 is 2.12 bits per heavy atom. The van der Waals surface area contributed by atoms with Crippen molar-refractivity contribution in [1.29, 1.82) is 0 Å². The highest BCUT2D eigenvalue weighted by atomic mass is 32.1. The maximum Gasteiger partial charge on any atom is 0.142 e. The number of hydrogen-bond donors (Lipinski definition) is 0. The van der Waals surface area contributed by atoms with Crippen molar-refractivity contribution in [2.75, 3.05) is 0 Å². The fourth-order valence-electron chi connectivity index (χ4n) is 0.490. The topological polar surface area (TPSA) is 22.3 Å². The van der Waals surface area contributed by atoms with Gasteiger partial charge in [0.1, 0.15) is 5.00 Å². The van der Waals surface area contributed by atoms with E-state index in [0.29, 0.717) is 5.00 Å². The van der Waals surface area contributed by atoms with E-state index >= 15 is 0 Å². The average Bonchev–Trinajstić information content (AvgIpc) is 1.98. The first-order chi connectivity index (χ1) is 3.72. The minimum absolute atomic E-state index is 0.447. The molecule has 0 saturated carbocycles. The van der Waals surface area contributed by atoms with E-state index in [9.17, 15) is 0 Å². The lowest BCUT2D eigenvalue weighted by Gasteiger charge is -1.83. The Morgan fingerprint density at radius 3 is 2.25 bits per heavy atom. The molecule has 0 unspecified atom stereocenters. The number of aryl methyl sites for hydroxylation is 1. The van der Waals surface area contributed by atoms with Crippen LogP contribution in [0.15, 0.2) is 5.38 Å². The maximum absolute atomic E-state index is 8.96. The third kappa shape index (κ3) is 0.713. The zero-order valence-electron chi connectivity index (χ0n) is 4.93. The summed E-state index contributed by atoms with van der Waals surface area (Å²) in [5.74, 6) is 0. The van der Waals surface area contributed by atoms with Crippen LogP contribution in [0.5, 0.6) is 0 Å². The van der Waals surface area contributed by atoms with E-state index in [1.54, 1.807) is 0 Å². The average molecular weight is 125 g/mol. The lowest BCUT2D eigenvalue weighted by Crippen LogP contribution is -1.69. The lowest BCUT2D eigenvalue weighted by molar-refractivity contribution is 1.37. The molecule has 1 rings (SSSR count). The molecule has 0 aliphatic heterocycles. The molecule has 1 aromatic rings. The van der Waals surface area contributed by atoms with E-state index in [0.717, 1.165) is 5.56 Å². The zero-order valence-corrected chi connectivity index (χ0v) is 5.75. The fraction of sp³-hybridized carbons (Fsp3) is 0.333. The smallest absolute Gasteiger partial charge is 0.138 e. The highest BCUT2D eigenvalue weighted by molar-refractivity contribution is 7.14. The van der Waals surface area contributed by atoms with E-state index in [-0.39, 0.29) is 0 Å². The Kier molecular flexibility index (Phi) is 1.26. The standard InChI is InChI=1S/C6H7NS/c1-4-3-8-6(7)5(4)2/h3H,1-2H3. The molecule has 0 N–H and O–H groups in total. The zero-order chi connectivity index (χ0) is 6.15. The molecule has 0 spiro atoms. The quantitative estimate of drug-likeness (QED) is 0.506. The first-order valence-corrected chi connectivity index (χ1v) is 3.33. The van der Waals surface area contributed by atoms with Crippen LogP contribution in [0.2, 0.25) is 0 Å². The van der Waals surface area contributed by atoms with Crippen molar-refractivity contribution in [1.82, 2.24) is 5.73 Å². The number of rotatable bonds is 0. The van der Waals surface area contributed by atoms with Gasteiger partial charge in [-0.1, -0.05) is 0 Å². The molecule has 8 heavy (non-hydrogen) atoms. The van der Waals surface area contributed by atoms with Crippen LogP contribution in [0.1, 0.15) is 11.1 Å². The predicted molar refractivity (Wildman–Crippen MR) is 35.6 cm³/mol. The van der Waals surface area contributed by atoms with E-state index in [1.165, 1.54) is 16.9 Å². The fourth-order valence-corrected chi connectivity index (χ4v) is 1.29. The van der Waals surface area contributed by atoms with Gasteiger partial charge >= 0.3 is 0 Å². The predicted octanol–water partition coefficient (Wildman–Crippen LogP) is 2.07. The summed E-state index contributed by atoms with van der Waals surface area (Å²) in [7, 11) is 0. The van der Waals surface area contributed by atoms with Gasteiger partial charge < -0.3 is 0 Å². The highest BCUT2D eigenvalue weighted by Gasteiger charge is 1.98. The van der Waals surface area contributed by atoms with Crippen LogP contribution in [0.3, 0.4) is 0 Å². The summed E-state index contributed by atoms with van der Waals surface area (Å²) >= 11 is 1.39. The minimum Gasteiger partial charge on any atom is -0.138 e. The molecule has 1 nitrogen and oxygen atoms in total. The highest BCUT2D eigenvalue weighted by Crippen LogP contribution is 2.23. The molecule has 1 aromatic heterocycles. The van der Waals surface area contributed by atoms with Gasteiger partial charge in [-0.3, -0.25) is 0 Å². The summed E-state index contributed by atoms with van der Waals surface area (Å²) in [6.07, 6.45) is 0. The van der Waals surface area contributed by atoms with Crippen molar-refractivity contribution >= 4 is 16.3 Å². The van der Waals surface area contributed by atoms with Crippen molar-refractivity contribution in [2.24, 2.45) is 0 Å². The Bertz CT molecular complexity index is 171. The molecule has 0 amide bonds. The van der Waals surface area contributed by atoms with E-state index in [4.69, 9.17) is 5.73 Å². The number of thiophene rings is 1. The second-order valence-electron chi connectivity index (χ2n) is 1.85. The largest absolute Gasteiger partial charge is 0.142 e. The molecule has 0 aromatic carbocycles. The van der Waals surface area contributed by atoms with Gasteiger partial charge in [0.25, 0.3) is 0 Å². The van der Waals surface area contributed by atoms with Gasteiger partial charge in [-0.25, -0.2) is 0 Å². The lowest BCUT2D eigenvalue weighted by atomic mass is 10.2. The number of hydrogen-bond acceptors (Lipinski definition) is 1. The molecule has 2 radical (unpaired) electrons. The molecule has 42 valence electrons. The van der Waals surface area contributed by atoms with Crippen LogP contribution in [0.25, 0.3) is 0 Å². The van der Waals surface area contributed by atoms with Crippen LogP contribution >= 0.6 is 11.3 Å². The molecule has 0 aliphatic carbocycles. The molecular weight excluding hydrogens is 118 g/mol.